The van der Waals surface area contributed by atoms with E-state index in [0.29, 0.717) is 18.6 Å². The number of amides is 1. The van der Waals surface area contributed by atoms with Crippen LogP contribution in [0.2, 0.25) is 0 Å². The van der Waals surface area contributed by atoms with E-state index in [1.165, 1.54) is 12.8 Å². The standard InChI is InChI=1S/C22H28N2O3/c1-3-26-20-8-5-18(6-9-20)22-11-10-21(27-22)15-24-13-17-4-7-19(24)14-23(12-17)16(2)25/h5-6,8-11,17,19H,3-4,7,12-15H2,1-2H3/t17-,19+/m0/s1. The van der Waals surface area contributed by atoms with E-state index in [1.807, 2.05) is 42.2 Å². The molecule has 2 aromatic rings. The molecule has 1 aromatic heterocycles. The van der Waals surface area contributed by atoms with E-state index in [2.05, 4.69) is 11.0 Å². The van der Waals surface area contributed by atoms with Gasteiger partial charge in [-0.05, 0) is 62.1 Å². The van der Waals surface area contributed by atoms with Crippen LogP contribution in [-0.4, -0.2) is 48.0 Å². The second kappa shape index (κ2) is 7.77. The molecule has 2 bridgehead atoms. The normalized spacial score (nSPS) is 22.7. The number of ether oxygens (including phenoxy) is 1. The monoisotopic (exact) mass is 368 g/mol. The third kappa shape index (κ3) is 4.03. The molecule has 0 aliphatic carbocycles. The minimum atomic E-state index is 0.199. The van der Waals surface area contributed by atoms with Crippen LogP contribution >= 0.6 is 0 Å². The Morgan fingerprint density at radius 2 is 1.93 bits per heavy atom. The van der Waals surface area contributed by atoms with Gasteiger partial charge in [0.25, 0.3) is 0 Å². The summed E-state index contributed by atoms with van der Waals surface area (Å²) in [7, 11) is 0. The molecule has 5 nitrogen and oxygen atoms in total. The summed E-state index contributed by atoms with van der Waals surface area (Å²) in [6.07, 6.45) is 2.39. The van der Waals surface area contributed by atoms with Crippen LogP contribution in [-0.2, 0) is 11.3 Å². The summed E-state index contributed by atoms with van der Waals surface area (Å²) >= 11 is 0. The molecule has 0 N–H and O–H groups in total. The van der Waals surface area contributed by atoms with E-state index in [9.17, 15) is 4.79 Å². The number of piperidine rings is 1. The van der Waals surface area contributed by atoms with Crippen molar-refractivity contribution < 1.29 is 13.9 Å². The molecule has 0 unspecified atom stereocenters. The Bertz CT molecular complexity index is 783. The van der Waals surface area contributed by atoms with E-state index in [1.54, 1.807) is 6.92 Å². The minimum absolute atomic E-state index is 0.199. The Hall–Kier alpha value is -2.27. The number of hydrogen-bond acceptors (Lipinski definition) is 4. The van der Waals surface area contributed by atoms with Crippen LogP contribution in [0.5, 0.6) is 5.75 Å². The molecule has 3 fully saturated rings. The van der Waals surface area contributed by atoms with Crippen LogP contribution in [0.25, 0.3) is 11.3 Å². The number of furan rings is 1. The summed E-state index contributed by atoms with van der Waals surface area (Å²) in [5.41, 5.74) is 1.06. The average Bonchev–Trinajstić information content (AvgIpc) is 2.92. The Balaban J connectivity index is 1.44. The predicted octanol–water partition coefficient (Wildman–Crippen LogP) is 3.79. The van der Waals surface area contributed by atoms with Gasteiger partial charge in [-0.3, -0.25) is 9.69 Å². The summed E-state index contributed by atoms with van der Waals surface area (Å²) in [5, 5.41) is 0. The highest BCUT2D eigenvalue weighted by Crippen LogP contribution is 2.31. The zero-order valence-corrected chi connectivity index (χ0v) is 16.2. The van der Waals surface area contributed by atoms with E-state index in [-0.39, 0.29) is 5.91 Å². The summed E-state index contributed by atoms with van der Waals surface area (Å²) in [5.74, 6) is 3.53. The SMILES string of the molecule is CCOc1ccc(-c2ccc(CN3C[C@H]4CC[C@@H]3CN(C(C)=O)C4)o2)cc1. The van der Waals surface area contributed by atoms with Crippen LogP contribution in [0.1, 0.15) is 32.4 Å². The quantitative estimate of drug-likeness (QED) is 0.806. The fraction of sp³-hybridized carbons (Fsp3) is 0.500. The van der Waals surface area contributed by atoms with Gasteiger partial charge >= 0.3 is 0 Å². The van der Waals surface area contributed by atoms with Crippen molar-refractivity contribution in [2.24, 2.45) is 5.92 Å². The Morgan fingerprint density at radius 3 is 2.67 bits per heavy atom. The average molecular weight is 368 g/mol. The molecule has 27 heavy (non-hydrogen) atoms. The van der Waals surface area contributed by atoms with Gasteiger partial charge in [0, 0.05) is 38.2 Å². The first kappa shape index (κ1) is 18.1. The largest absolute Gasteiger partial charge is 0.494 e. The fourth-order valence-corrected chi connectivity index (χ4v) is 4.33. The van der Waals surface area contributed by atoms with Crippen LogP contribution in [0.15, 0.2) is 40.8 Å². The molecule has 3 aliphatic rings. The first-order valence-electron chi connectivity index (χ1n) is 9.94. The first-order chi connectivity index (χ1) is 13.1. The van der Waals surface area contributed by atoms with Gasteiger partial charge in [-0.1, -0.05) is 0 Å². The number of benzene rings is 1. The number of fused-ring (bicyclic) bond motifs is 4. The molecular weight excluding hydrogens is 340 g/mol. The van der Waals surface area contributed by atoms with Gasteiger partial charge < -0.3 is 14.1 Å². The summed E-state index contributed by atoms with van der Waals surface area (Å²) in [4.78, 5) is 16.4. The Kier molecular flexibility index (Phi) is 5.21. The van der Waals surface area contributed by atoms with Crippen LogP contribution in [0, 0.1) is 5.92 Å². The number of carbonyl (C=O) groups excluding carboxylic acids is 1. The van der Waals surface area contributed by atoms with Crippen molar-refractivity contribution >= 4 is 5.91 Å². The lowest BCUT2D eigenvalue weighted by Crippen LogP contribution is -2.43. The third-order valence-electron chi connectivity index (χ3n) is 5.74. The molecule has 3 saturated heterocycles. The number of carbonyl (C=O) groups is 1. The second-order valence-corrected chi connectivity index (χ2v) is 7.67. The molecule has 5 heteroatoms. The van der Waals surface area contributed by atoms with E-state index < -0.39 is 0 Å². The molecule has 2 atom stereocenters. The highest BCUT2D eigenvalue weighted by atomic mass is 16.5. The molecule has 1 aromatic carbocycles. The maximum absolute atomic E-state index is 11.8. The van der Waals surface area contributed by atoms with Crippen molar-refractivity contribution in [2.75, 3.05) is 26.2 Å². The summed E-state index contributed by atoms with van der Waals surface area (Å²) < 4.78 is 11.6. The predicted molar refractivity (Wildman–Crippen MR) is 104 cm³/mol. The summed E-state index contributed by atoms with van der Waals surface area (Å²) in [6.45, 7) is 7.94. The number of rotatable bonds is 5. The van der Waals surface area contributed by atoms with Crippen LogP contribution in [0.4, 0.5) is 0 Å². The maximum atomic E-state index is 11.8. The zero-order chi connectivity index (χ0) is 18.8. The first-order valence-corrected chi connectivity index (χ1v) is 9.94. The summed E-state index contributed by atoms with van der Waals surface area (Å²) in [6, 6.07) is 12.6. The van der Waals surface area contributed by atoms with Gasteiger partial charge in [-0.25, -0.2) is 0 Å². The van der Waals surface area contributed by atoms with Crippen LogP contribution in [0.3, 0.4) is 0 Å². The van der Waals surface area contributed by atoms with Gasteiger partial charge in [0.1, 0.15) is 17.3 Å². The molecule has 4 heterocycles. The van der Waals surface area contributed by atoms with Crippen molar-refractivity contribution in [3.63, 3.8) is 0 Å². The molecule has 5 rings (SSSR count). The van der Waals surface area contributed by atoms with Gasteiger partial charge in [-0.15, -0.1) is 0 Å². The van der Waals surface area contributed by atoms with E-state index in [0.717, 1.165) is 49.0 Å². The fourth-order valence-electron chi connectivity index (χ4n) is 4.33. The highest BCUT2D eigenvalue weighted by Gasteiger charge is 2.35. The molecular formula is C22H28N2O3. The van der Waals surface area contributed by atoms with E-state index >= 15 is 0 Å². The zero-order valence-electron chi connectivity index (χ0n) is 16.2. The molecule has 144 valence electrons. The lowest BCUT2D eigenvalue weighted by atomic mass is 9.95. The Morgan fingerprint density at radius 1 is 1.11 bits per heavy atom. The lowest BCUT2D eigenvalue weighted by molar-refractivity contribution is -0.129. The topological polar surface area (TPSA) is 45.9 Å². The molecule has 0 spiro atoms. The second-order valence-electron chi connectivity index (χ2n) is 7.67. The number of hydrogen-bond donors (Lipinski definition) is 0. The van der Waals surface area contributed by atoms with Crippen molar-refractivity contribution in [1.29, 1.82) is 0 Å². The van der Waals surface area contributed by atoms with Gasteiger partial charge in [-0.2, -0.15) is 0 Å². The maximum Gasteiger partial charge on any atom is 0.219 e. The van der Waals surface area contributed by atoms with E-state index in [4.69, 9.17) is 9.15 Å². The molecule has 0 saturated carbocycles. The van der Waals surface area contributed by atoms with Crippen molar-refractivity contribution in [3.8, 4) is 17.1 Å². The van der Waals surface area contributed by atoms with Crippen molar-refractivity contribution in [3.05, 3.63) is 42.2 Å². The van der Waals surface area contributed by atoms with Crippen molar-refractivity contribution in [1.82, 2.24) is 9.80 Å². The lowest BCUT2D eigenvalue weighted by Gasteiger charge is -2.35. The molecule has 1 amide bonds. The van der Waals surface area contributed by atoms with Gasteiger partial charge in [0.05, 0.1) is 13.2 Å². The highest BCUT2D eigenvalue weighted by molar-refractivity contribution is 5.73. The van der Waals surface area contributed by atoms with Crippen LogP contribution < -0.4 is 4.74 Å². The molecule has 0 radical (unpaired) electrons. The van der Waals surface area contributed by atoms with Gasteiger partial charge in [0.2, 0.25) is 5.91 Å². The molecule has 3 aliphatic heterocycles. The van der Waals surface area contributed by atoms with Crippen molar-refractivity contribution in [2.45, 2.75) is 39.3 Å². The van der Waals surface area contributed by atoms with Gasteiger partial charge in [0.15, 0.2) is 0 Å². The minimum Gasteiger partial charge on any atom is -0.494 e. The number of nitrogens with zero attached hydrogens (tertiary/aromatic N) is 2. The third-order valence-corrected chi connectivity index (χ3v) is 5.74. The smallest absolute Gasteiger partial charge is 0.219 e. The Labute approximate surface area is 160 Å².